The molecule has 1 rings (SSSR count). The monoisotopic (exact) mass is 205 g/mol. The smallest absolute Gasteiger partial charge is 0.243 e. The van der Waals surface area contributed by atoms with Crippen LogP contribution in [-0.4, -0.2) is 18.1 Å². The third kappa shape index (κ3) is 2.84. The van der Waals surface area contributed by atoms with Gasteiger partial charge in [-0.2, -0.15) is 0 Å². The number of phenols is 1. The molecule has 0 heterocycles. The predicted molar refractivity (Wildman–Crippen MR) is 60.7 cm³/mol. The van der Waals surface area contributed by atoms with E-state index < -0.39 is 0 Å². The van der Waals surface area contributed by atoms with Crippen molar-refractivity contribution in [1.82, 2.24) is 5.32 Å². The van der Waals surface area contributed by atoms with Crippen LogP contribution in [0.25, 0.3) is 6.08 Å². The molecule has 0 bridgehead atoms. The summed E-state index contributed by atoms with van der Waals surface area (Å²) in [5.41, 5.74) is 2.53. The second-order valence-corrected chi connectivity index (χ2v) is 3.45. The molecule has 0 saturated carbocycles. The first-order valence-electron chi connectivity index (χ1n) is 4.74. The quantitative estimate of drug-likeness (QED) is 0.723. The zero-order valence-electron chi connectivity index (χ0n) is 9.16. The van der Waals surface area contributed by atoms with Crippen molar-refractivity contribution in [2.75, 3.05) is 7.05 Å². The number of hydrogen-bond donors (Lipinski definition) is 2. The Morgan fingerprint density at radius 1 is 1.33 bits per heavy atom. The molecular formula is C12H15NO2. The number of likely N-dealkylation sites (N-methyl/N-ethyl adjacent to an activating group) is 1. The molecule has 0 aromatic heterocycles. The normalized spacial score (nSPS) is 10.6. The predicted octanol–water partition coefficient (Wildman–Crippen LogP) is 1.77. The van der Waals surface area contributed by atoms with E-state index in [2.05, 4.69) is 5.32 Å². The molecule has 3 heteroatoms. The third-order valence-electron chi connectivity index (χ3n) is 2.19. The van der Waals surface area contributed by atoms with Crippen molar-refractivity contribution >= 4 is 12.0 Å². The highest BCUT2D eigenvalue weighted by Gasteiger charge is 2.01. The summed E-state index contributed by atoms with van der Waals surface area (Å²) in [4.78, 5) is 11.0. The van der Waals surface area contributed by atoms with Crippen LogP contribution in [0.5, 0.6) is 5.75 Å². The molecule has 1 amide bonds. The minimum absolute atomic E-state index is 0.140. The van der Waals surface area contributed by atoms with Gasteiger partial charge in [0.05, 0.1) is 0 Å². The van der Waals surface area contributed by atoms with Crippen LogP contribution < -0.4 is 5.32 Å². The molecule has 0 aliphatic heterocycles. The van der Waals surface area contributed by atoms with Gasteiger partial charge < -0.3 is 10.4 Å². The first-order chi connectivity index (χ1) is 7.04. The van der Waals surface area contributed by atoms with Crippen LogP contribution in [-0.2, 0) is 4.79 Å². The summed E-state index contributed by atoms with van der Waals surface area (Å²) in [5, 5.41) is 12.1. The van der Waals surface area contributed by atoms with E-state index >= 15 is 0 Å². The summed E-state index contributed by atoms with van der Waals surface area (Å²) < 4.78 is 0. The van der Waals surface area contributed by atoms with Crippen LogP contribution in [0.15, 0.2) is 18.2 Å². The summed E-state index contributed by atoms with van der Waals surface area (Å²) in [5.74, 6) is 0.172. The maximum absolute atomic E-state index is 11.0. The van der Waals surface area contributed by atoms with Crippen LogP contribution in [0, 0.1) is 13.8 Å². The highest BCUT2D eigenvalue weighted by molar-refractivity contribution is 5.91. The largest absolute Gasteiger partial charge is 0.507 e. The molecule has 0 atom stereocenters. The molecule has 3 nitrogen and oxygen atoms in total. The Morgan fingerprint density at radius 2 is 1.87 bits per heavy atom. The van der Waals surface area contributed by atoms with Crippen LogP contribution in [0.2, 0.25) is 0 Å². The van der Waals surface area contributed by atoms with Crippen LogP contribution >= 0.6 is 0 Å². The van der Waals surface area contributed by atoms with E-state index in [-0.39, 0.29) is 5.91 Å². The van der Waals surface area contributed by atoms with Gasteiger partial charge in [0.1, 0.15) is 5.75 Å². The van der Waals surface area contributed by atoms with Gasteiger partial charge in [-0.05, 0) is 48.7 Å². The molecular weight excluding hydrogens is 190 g/mol. The average Bonchev–Trinajstić information content (AvgIpc) is 2.22. The number of rotatable bonds is 2. The van der Waals surface area contributed by atoms with Crippen molar-refractivity contribution in [3.05, 3.63) is 34.9 Å². The number of nitrogens with one attached hydrogen (secondary N) is 1. The van der Waals surface area contributed by atoms with Gasteiger partial charge in [0.15, 0.2) is 0 Å². The fourth-order valence-corrected chi connectivity index (χ4v) is 1.34. The summed E-state index contributed by atoms with van der Waals surface area (Å²) in [6, 6.07) is 3.67. The average molecular weight is 205 g/mol. The Kier molecular flexibility index (Phi) is 3.50. The van der Waals surface area contributed by atoms with E-state index in [1.807, 2.05) is 26.0 Å². The summed E-state index contributed by atoms with van der Waals surface area (Å²) in [6.45, 7) is 3.67. The number of carbonyl (C=O) groups is 1. The number of phenolic OH excluding ortho intramolecular Hbond substituents is 1. The number of carbonyl (C=O) groups excluding carboxylic acids is 1. The Hall–Kier alpha value is -1.77. The molecule has 0 radical (unpaired) electrons. The lowest BCUT2D eigenvalue weighted by atomic mass is 10.1. The molecule has 2 N–H and O–H groups in total. The second-order valence-electron chi connectivity index (χ2n) is 3.45. The Labute approximate surface area is 89.4 Å². The van der Waals surface area contributed by atoms with Gasteiger partial charge >= 0.3 is 0 Å². The zero-order valence-corrected chi connectivity index (χ0v) is 9.16. The fraction of sp³-hybridized carbons (Fsp3) is 0.250. The minimum atomic E-state index is -0.140. The number of amides is 1. The van der Waals surface area contributed by atoms with Gasteiger partial charge in [0.2, 0.25) is 5.91 Å². The number of hydrogen-bond acceptors (Lipinski definition) is 2. The number of aryl methyl sites for hydroxylation is 2. The van der Waals surface area contributed by atoms with Gasteiger partial charge in [0, 0.05) is 13.1 Å². The molecule has 0 fully saturated rings. The highest BCUT2D eigenvalue weighted by atomic mass is 16.3. The SMILES string of the molecule is CNC(=O)C=Cc1cc(C)c(O)c(C)c1. The Balaban J connectivity index is 2.97. The standard InChI is InChI=1S/C12H15NO2/c1-8-6-10(4-5-11(14)13-3)7-9(2)12(8)15/h4-7,15H,1-3H3,(H,13,14). The van der Waals surface area contributed by atoms with E-state index in [1.165, 1.54) is 6.08 Å². The van der Waals surface area contributed by atoms with Crippen LogP contribution in [0.1, 0.15) is 16.7 Å². The number of benzene rings is 1. The summed E-state index contributed by atoms with van der Waals surface area (Å²) >= 11 is 0. The molecule has 80 valence electrons. The first kappa shape index (κ1) is 11.3. The maximum atomic E-state index is 11.0. The van der Waals surface area contributed by atoms with Crippen molar-refractivity contribution in [2.24, 2.45) is 0 Å². The molecule has 1 aromatic rings. The minimum Gasteiger partial charge on any atom is -0.507 e. The van der Waals surface area contributed by atoms with Crippen LogP contribution in [0.4, 0.5) is 0 Å². The summed E-state index contributed by atoms with van der Waals surface area (Å²) in [6.07, 6.45) is 3.18. The van der Waals surface area contributed by atoms with Crippen molar-refractivity contribution in [3.63, 3.8) is 0 Å². The maximum Gasteiger partial charge on any atom is 0.243 e. The molecule has 0 saturated heterocycles. The van der Waals surface area contributed by atoms with E-state index in [4.69, 9.17) is 0 Å². The Bertz CT molecular complexity index is 385. The molecule has 15 heavy (non-hydrogen) atoms. The van der Waals surface area contributed by atoms with Crippen molar-refractivity contribution in [1.29, 1.82) is 0 Å². The van der Waals surface area contributed by atoms with Crippen molar-refractivity contribution < 1.29 is 9.90 Å². The van der Waals surface area contributed by atoms with E-state index in [1.54, 1.807) is 13.1 Å². The lowest BCUT2D eigenvalue weighted by molar-refractivity contribution is -0.115. The molecule has 1 aromatic carbocycles. The summed E-state index contributed by atoms with van der Waals surface area (Å²) in [7, 11) is 1.58. The lowest BCUT2D eigenvalue weighted by Gasteiger charge is -2.04. The van der Waals surface area contributed by atoms with E-state index in [0.717, 1.165) is 16.7 Å². The number of aromatic hydroxyl groups is 1. The van der Waals surface area contributed by atoms with Gasteiger partial charge in [-0.15, -0.1) is 0 Å². The molecule has 0 aliphatic carbocycles. The topological polar surface area (TPSA) is 49.3 Å². The first-order valence-corrected chi connectivity index (χ1v) is 4.74. The van der Waals surface area contributed by atoms with Gasteiger partial charge in [-0.25, -0.2) is 0 Å². The second kappa shape index (κ2) is 4.64. The third-order valence-corrected chi connectivity index (χ3v) is 2.19. The highest BCUT2D eigenvalue weighted by Crippen LogP contribution is 2.23. The van der Waals surface area contributed by atoms with Gasteiger partial charge in [0.25, 0.3) is 0 Å². The van der Waals surface area contributed by atoms with E-state index in [0.29, 0.717) is 5.75 Å². The van der Waals surface area contributed by atoms with Crippen molar-refractivity contribution in [3.8, 4) is 5.75 Å². The van der Waals surface area contributed by atoms with Crippen LogP contribution in [0.3, 0.4) is 0 Å². The van der Waals surface area contributed by atoms with E-state index in [9.17, 15) is 9.90 Å². The fourth-order valence-electron chi connectivity index (χ4n) is 1.34. The lowest BCUT2D eigenvalue weighted by Crippen LogP contribution is -2.13. The van der Waals surface area contributed by atoms with Gasteiger partial charge in [-0.1, -0.05) is 0 Å². The molecule has 0 unspecified atom stereocenters. The molecule has 0 spiro atoms. The zero-order chi connectivity index (χ0) is 11.4. The molecule has 0 aliphatic rings. The van der Waals surface area contributed by atoms with Gasteiger partial charge in [-0.3, -0.25) is 4.79 Å². The Morgan fingerprint density at radius 3 is 2.33 bits per heavy atom. The van der Waals surface area contributed by atoms with Crippen molar-refractivity contribution in [2.45, 2.75) is 13.8 Å².